The van der Waals surface area contributed by atoms with Crippen molar-refractivity contribution in [1.82, 2.24) is 14.9 Å². The highest BCUT2D eigenvalue weighted by Crippen LogP contribution is 2.27. The molecule has 31 heavy (non-hydrogen) atoms. The number of carbonyl (C=O) groups is 1. The Morgan fingerprint density at radius 1 is 0.935 bits per heavy atom. The first-order valence-electron chi connectivity index (χ1n) is 10.9. The van der Waals surface area contributed by atoms with Crippen LogP contribution in [0.3, 0.4) is 0 Å². The fourth-order valence-corrected chi connectivity index (χ4v) is 4.04. The third kappa shape index (κ3) is 4.85. The van der Waals surface area contributed by atoms with Gasteiger partial charge in [-0.3, -0.25) is 4.79 Å². The normalized spacial score (nSPS) is 14.0. The first-order chi connectivity index (χ1) is 15.2. The molecule has 1 saturated heterocycles. The molecule has 1 aliphatic heterocycles. The molecular formula is C25H29N5O. The van der Waals surface area contributed by atoms with Gasteiger partial charge in [-0.05, 0) is 25.0 Å². The SMILES string of the molecule is CCNc1cc(C)nc(N2CCN(C(=O)C(c3ccccc3)c3ccccc3)CC2)n1. The molecule has 3 aromatic rings. The van der Waals surface area contributed by atoms with Crippen LogP contribution >= 0.6 is 0 Å². The lowest BCUT2D eigenvalue weighted by Crippen LogP contribution is -2.50. The summed E-state index contributed by atoms with van der Waals surface area (Å²) < 4.78 is 0. The van der Waals surface area contributed by atoms with E-state index in [0.29, 0.717) is 13.1 Å². The van der Waals surface area contributed by atoms with E-state index in [4.69, 9.17) is 0 Å². The molecule has 6 heteroatoms. The number of nitrogens with one attached hydrogen (secondary N) is 1. The van der Waals surface area contributed by atoms with Crippen LogP contribution in [0.5, 0.6) is 0 Å². The number of piperazine rings is 1. The monoisotopic (exact) mass is 415 g/mol. The molecule has 4 rings (SSSR count). The quantitative estimate of drug-likeness (QED) is 0.665. The molecule has 1 N–H and O–H groups in total. The average molecular weight is 416 g/mol. The summed E-state index contributed by atoms with van der Waals surface area (Å²) in [5, 5.41) is 3.26. The predicted octanol–water partition coefficient (Wildman–Crippen LogP) is 3.70. The van der Waals surface area contributed by atoms with Crippen LogP contribution in [0.4, 0.5) is 11.8 Å². The van der Waals surface area contributed by atoms with Crippen LogP contribution in [0.15, 0.2) is 66.7 Å². The Morgan fingerprint density at radius 3 is 2.06 bits per heavy atom. The van der Waals surface area contributed by atoms with Gasteiger partial charge in [-0.2, -0.15) is 4.98 Å². The first kappa shape index (κ1) is 20.8. The van der Waals surface area contributed by atoms with E-state index in [1.54, 1.807) is 0 Å². The van der Waals surface area contributed by atoms with Gasteiger partial charge in [0, 0.05) is 44.5 Å². The van der Waals surface area contributed by atoms with E-state index >= 15 is 0 Å². The van der Waals surface area contributed by atoms with E-state index in [9.17, 15) is 4.79 Å². The molecule has 0 saturated carbocycles. The summed E-state index contributed by atoms with van der Waals surface area (Å²) in [6.07, 6.45) is 0. The van der Waals surface area contributed by atoms with Crippen LogP contribution < -0.4 is 10.2 Å². The summed E-state index contributed by atoms with van der Waals surface area (Å²) in [5.41, 5.74) is 2.99. The lowest BCUT2D eigenvalue weighted by Gasteiger charge is -2.36. The molecule has 1 aromatic heterocycles. The highest BCUT2D eigenvalue weighted by atomic mass is 16.2. The molecule has 1 fully saturated rings. The van der Waals surface area contributed by atoms with Gasteiger partial charge in [-0.25, -0.2) is 4.98 Å². The lowest BCUT2D eigenvalue weighted by atomic mass is 9.90. The minimum absolute atomic E-state index is 0.149. The minimum Gasteiger partial charge on any atom is -0.370 e. The Balaban J connectivity index is 1.50. The van der Waals surface area contributed by atoms with E-state index in [2.05, 4.69) is 27.1 Å². The summed E-state index contributed by atoms with van der Waals surface area (Å²) in [6.45, 7) is 7.60. The molecule has 0 bridgehead atoms. The van der Waals surface area contributed by atoms with Gasteiger partial charge in [0.15, 0.2) is 0 Å². The number of hydrogen-bond acceptors (Lipinski definition) is 5. The van der Waals surface area contributed by atoms with Crippen LogP contribution in [0, 0.1) is 6.92 Å². The summed E-state index contributed by atoms with van der Waals surface area (Å²) in [5.74, 6) is 1.43. The highest BCUT2D eigenvalue weighted by Gasteiger charge is 2.30. The number of rotatable bonds is 6. The van der Waals surface area contributed by atoms with Gasteiger partial charge >= 0.3 is 0 Å². The van der Waals surface area contributed by atoms with E-state index in [1.807, 2.05) is 78.6 Å². The maximum Gasteiger partial charge on any atom is 0.234 e. The summed E-state index contributed by atoms with van der Waals surface area (Å²) in [6, 6.07) is 22.0. The molecule has 0 aliphatic carbocycles. The van der Waals surface area contributed by atoms with Gasteiger partial charge in [0.1, 0.15) is 5.82 Å². The Kier molecular flexibility index (Phi) is 6.46. The molecule has 0 spiro atoms. The second-order valence-corrected chi connectivity index (χ2v) is 7.79. The standard InChI is InChI=1S/C25H29N5O/c1-3-26-22-18-19(2)27-25(28-22)30-16-14-29(15-17-30)24(31)23(20-10-6-4-7-11-20)21-12-8-5-9-13-21/h4-13,18,23H,3,14-17H2,1-2H3,(H,26,27,28). The van der Waals surface area contributed by atoms with Crippen molar-refractivity contribution in [2.45, 2.75) is 19.8 Å². The van der Waals surface area contributed by atoms with Crippen LogP contribution in [-0.2, 0) is 4.79 Å². The molecule has 2 heterocycles. The van der Waals surface area contributed by atoms with Crippen LogP contribution in [-0.4, -0.2) is 53.5 Å². The fourth-order valence-electron chi connectivity index (χ4n) is 4.04. The van der Waals surface area contributed by atoms with Gasteiger partial charge in [0.05, 0.1) is 5.92 Å². The Hall–Kier alpha value is -3.41. The van der Waals surface area contributed by atoms with Crippen molar-refractivity contribution in [2.24, 2.45) is 0 Å². The zero-order valence-corrected chi connectivity index (χ0v) is 18.2. The number of hydrogen-bond donors (Lipinski definition) is 1. The smallest absolute Gasteiger partial charge is 0.234 e. The van der Waals surface area contributed by atoms with E-state index in [0.717, 1.165) is 48.2 Å². The zero-order chi connectivity index (χ0) is 21.6. The van der Waals surface area contributed by atoms with E-state index < -0.39 is 0 Å². The van der Waals surface area contributed by atoms with Crippen molar-refractivity contribution in [3.63, 3.8) is 0 Å². The summed E-state index contributed by atoms with van der Waals surface area (Å²) in [4.78, 5) is 27.0. The van der Waals surface area contributed by atoms with Crippen molar-refractivity contribution in [1.29, 1.82) is 0 Å². The number of aryl methyl sites for hydroxylation is 1. The second kappa shape index (κ2) is 9.60. The minimum atomic E-state index is -0.287. The predicted molar refractivity (Wildman–Crippen MR) is 124 cm³/mol. The molecular weight excluding hydrogens is 386 g/mol. The largest absolute Gasteiger partial charge is 0.370 e. The highest BCUT2D eigenvalue weighted by molar-refractivity contribution is 5.87. The van der Waals surface area contributed by atoms with Crippen molar-refractivity contribution in [3.05, 3.63) is 83.6 Å². The van der Waals surface area contributed by atoms with Crippen molar-refractivity contribution >= 4 is 17.7 Å². The number of benzene rings is 2. The molecule has 0 atom stereocenters. The molecule has 0 unspecified atom stereocenters. The first-order valence-corrected chi connectivity index (χ1v) is 10.9. The van der Waals surface area contributed by atoms with Crippen LogP contribution in [0.1, 0.15) is 29.7 Å². The topological polar surface area (TPSA) is 61.4 Å². The average Bonchev–Trinajstić information content (AvgIpc) is 2.80. The Morgan fingerprint density at radius 2 is 1.52 bits per heavy atom. The summed E-state index contributed by atoms with van der Waals surface area (Å²) in [7, 11) is 0. The third-order valence-corrected chi connectivity index (χ3v) is 5.59. The van der Waals surface area contributed by atoms with Crippen molar-refractivity contribution in [3.8, 4) is 0 Å². The lowest BCUT2D eigenvalue weighted by molar-refractivity contribution is -0.132. The van der Waals surface area contributed by atoms with E-state index in [1.165, 1.54) is 0 Å². The van der Waals surface area contributed by atoms with Gasteiger partial charge in [-0.15, -0.1) is 0 Å². The van der Waals surface area contributed by atoms with Crippen molar-refractivity contribution in [2.75, 3.05) is 42.9 Å². The molecule has 0 radical (unpaired) electrons. The molecule has 2 aromatic carbocycles. The second-order valence-electron chi connectivity index (χ2n) is 7.79. The van der Waals surface area contributed by atoms with Crippen LogP contribution in [0.25, 0.3) is 0 Å². The molecule has 160 valence electrons. The van der Waals surface area contributed by atoms with Gasteiger partial charge in [-0.1, -0.05) is 60.7 Å². The molecule has 1 aliphatic rings. The van der Waals surface area contributed by atoms with Gasteiger partial charge in [0.25, 0.3) is 0 Å². The maximum absolute atomic E-state index is 13.6. The number of carbonyl (C=O) groups excluding carboxylic acids is 1. The summed E-state index contributed by atoms with van der Waals surface area (Å²) >= 11 is 0. The van der Waals surface area contributed by atoms with Crippen LogP contribution in [0.2, 0.25) is 0 Å². The van der Waals surface area contributed by atoms with Gasteiger partial charge in [0.2, 0.25) is 11.9 Å². The Bertz CT molecular complexity index is 961. The maximum atomic E-state index is 13.6. The zero-order valence-electron chi connectivity index (χ0n) is 18.2. The van der Waals surface area contributed by atoms with E-state index in [-0.39, 0.29) is 11.8 Å². The number of anilines is 2. The number of amides is 1. The van der Waals surface area contributed by atoms with Gasteiger partial charge < -0.3 is 15.1 Å². The fraction of sp³-hybridized carbons (Fsp3) is 0.320. The third-order valence-electron chi connectivity index (χ3n) is 5.59. The number of aromatic nitrogens is 2. The Labute approximate surface area is 183 Å². The van der Waals surface area contributed by atoms with Crippen molar-refractivity contribution < 1.29 is 4.79 Å². The molecule has 1 amide bonds. The number of nitrogens with zero attached hydrogens (tertiary/aromatic N) is 4. The molecule has 6 nitrogen and oxygen atoms in total.